The first-order chi connectivity index (χ1) is 10.0. The fourth-order valence-electron chi connectivity index (χ4n) is 1.96. The van der Waals surface area contributed by atoms with E-state index in [1.165, 1.54) is 16.2 Å². The third-order valence-electron chi connectivity index (χ3n) is 3.14. The number of likely N-dealkylation sites (N-methyl/N-ethyl adjacent to an activating group) is 1. The minimum absolute atomic E-state index is 0.150. The summed E-state index contributed by atoms with van der Waals surface area (Å²) in [6.07, 6.45) is -1.17. The summed E-state index contributed by atoms with van der Waals surface area (Å²) in [6, 6.07) is 8.62. The second-order valence-corrected chi connectivity index (χ2v) is 6.41. The Morgan fingerprint density at radius 1 is 1.43 bits per heavy atom. The van der Waals surface area contributed by atoms with Crippen LogP contribution in [0.3, 0.4) is 0 Å². The van der Waals surface area contributed by atoms with Crippen LogP contribution in [0.15, 0.2) is 40.2 Å². The zero-order valence-corrected chi connectivity index (χ0v) is 13.9. The molecule has 1 aromatic heterocycles. The van der Waals surface area contributed by atoms with Gasteiger partial charge in [0.15, 0.2) is 6.10 Å². The molecule has 4 nitrogen and oxygen atoms in total. The monoisotopic (exact) mass is 369 g/mol. The summed E-state index contributed by atoms with van der Waals surface area (Å²) in [6.45, 7) is 2.57. The molecule has 0 fully saturated rings. The number of carbonyl (C=O) groups is 1. The van der Waals surface area contributed by atoms with Crippen LogP contribution in [0.25, 0.3) is 0 Å². The van der Waals surface area contributed by atoms with E-state index >= 15 is 0 Å². The van der Waals surface area contributed by atoms with E-state index in [0.29, 0.717) is 17.0 Å². The maximum Gasteiger partial charge on any atom is 0.257 e. The van der Waals surface area contributed by atoms with Crippen molar-refractivity contribution in [3.63, 3.8) is 0 Å². The quantitative estimate of drug-likeness (QED) is 0.849. The van der Waals surface area contributed by atoms with Crippen LogP contribution in [0.1, 0.15) is 23.5 Å². The van der Waals surface area contributed by atoms with Crippen LogP contribution in [0, 0.1) is 0 Å². The number of hydrogen-bond donors (Lipinski definition) is 2. The average molecular weight is 370 g/mol. The SMILES string of the molecule is CCN(Cc1ccccc1O)C(=O)C(O)c1cc(Br)cs1. The maximum absolute atomic E-state index is 12.4. The molecule has 1 atom stereocenters. The van der Waals surface area contributed by atoms with Crippen LogP contribution >= 0.6 is 27.3 Å². The standard InChI is InChI=1S/C15H16BrNO3S/c1-2-17(8-10-5-3-4-6-12(10)18)15(20)14(19)13-7-11(16)9-21-13/h3-7,9,14,18-19H,2,8H2,1H3. The zero-order valence-electron chi connectivity index (χ0n) is 11.5. The predicted molar refractivity (Wildman–Crippen MR) is 86.2 cm³/mol. The Labute approximate surface area is 135 Å². The van der Waals surface area contributed by atoms with Crippen LogP contribution < -0.4 is 0 Å². The lowest BCUT2D eigenvalue weighted by Crippen LogP contribution is -2.34. The summed E-state index contributed by atoms with van der Waals surface area (Å²) < 4.78 is 0.845. The number of rotatable bonds is 5. The van der Waals surface area contributed by atoms with Gasteiger partial charge in [0.2, 0.25) is 0 Å². The van der Waals surface area contributed by atoms with Crippen molar-refractivity contribution in [1.29, 1.82) is 0 Å². The molecule has 1 unspecified atom stereocenters. The molecule has 1 amide bonds. The van der Waals surface area contributed by atoms with E-state index in [1.807, 2.05) is 12.3 Å². The predicted octanol–water partition coefficient (Wildman–Crippen LogP) is 3.30. The molecular formula is C15H16BrNO3S. The molecule has 2 rings (SSSR count). The van der Waals surface area contributed by atoms with Crippen molar-refractivity contribution in [2.45, 2.75) is 19.6 Å². The highest BCUT2D eigenvalue weighted by Crippen LogP contribution is 2.27. The second-order valence-electron chi connectivity index (χ2n) is 4.55. The molecule has 0 saturated heterocycles. The highest BCUT2D eigenvalue weighted by Gasteiger charge is 2.24. The zero-order chi connectivity index (χ0) is 15.4. The minimum Gasteiger partial charge on any atom is -0.508 e. The van der Waals surface area contributed by atoms with Crippen molar-refractivity contribution in [1.82, 2.24) is 4.90 Å². The number of phenols is 1. The normalized spacial score (nSPS) is 12.1. The van der Waals surface area contributed by atoms with Gasteiger partial charge in [0.1, 0.15) is 5.75 Å². The first-order valence-electron chi connectivity index (χ1n) is 6.50. The Morgan fingerprint density at radius 3 is 2.71 bits per heavy atom. The molecule has 1 aromatic carbocycles. The summed E-state index contributed by atoms with van der Waals surface area (Å²) in [5.74, 6) is -0.216. The Kier molecular flexibility index (Phi) is 5.39. The number of benzene rings is 1. The van der Waals surface area contributed by atoms with Gasteiger partial charge in [0.25, 0.3) is 5.91 Å². The largest absolute Gasteiger partial charge is 0.508 e. The van der Waals surface area contributed by atoms with Gasteiger partial charge in [-0.15, -0.1) is 11.3 Å². The summed E-state index contributed by atoms with van der Waals surface area (Å²) in [5.41, 5.74) is 0.660. The molecule has 6 heteroatoms. The molecule has 0 saturated carbocycles. The Hall–Kier alpha value is -1.37. The van der Waals surface area contributed by atoms with Gasteiger partial charge in [0.05, 0.1) is 0 Å². The van der Waals surface area contributed by atoms with Crippen molar-refractivity contribution in [2.75, 3.05) is 6.54 Å². The van der Waals surface area contributed by atoms with E-state index in [9.17, 15) is 15.0 Å². The molecule has 21 heavy (non-hydrogen) atoms. The van der Waals surface area contributed by atoms with Gasteiger partial charge in [-0.2, -0.15) is 0 Å². The number of aliphatic hydroxyl groups is 1. The third kappa shape index (κ3) is 3.84. The molecule has 0 radical (unpaired) electrons. The second kappa shape index (κ2) is 7.06. The maximum atomic E-state index is 12.4. The number of hydrogen-bond acceptors (Lipinski definition) is 4. The topological polar surface area (TPSA) is 60.8 Å². The highest BCUT2D eigenvalue weighted by atomic mass is 79.9. The average Bonchev–Trinajstić information content (AvgIpc) is 2.91. The van der Waals surface area contributed by atoms with E-state index < -0.39 is 6.10 Å². The molecule has 0 aliphatic rings. The number of aromatic hydroxyl groups is 1. The molecule has 112 valence electrons. The number of nitrogens with zero attached hydrogens (tertiary/aromatic N) is 1. The summed E-state index contributed by atoms with van der Waals surface area (Å²) >= 11 is 4.64. The van der Waals surface area contributed by atoms with Gasteiger partial charge < -0.3 is 15.1 Å². The van der Waals surface area contributed by atoms with Gasteiger partial charge in [-0.3, -0.25) is 4.79 Å². The first kappa shape index (κ1) is 16.0. The lowest BCUT2D eigenvalue weighted by molar-refractivity contribution is -0.140. The van der Waals surface area contributed by atoms with Crippen molar-refractivity contribution in [3.8, 4) is 5.75 Å². The number of carbonyl (C=O) groups excluding carboxylic acids is 1. The van der Waals surface area contributed by atoms with Crippen molar-refractivity contribution in [3.05, 3.63) is 50.6 Å². The van der Waals surface area contributed by atoms with Gasteiger partial charge >= 0.3 is 0 Å². The van der Waals surface area contributed by atoms with Crippen molar-refractivity contribution < 1.29 is 15.0 Å². The Balaban J connectivity index is 2.13. The van der Waals surface area contributed by atoms with Crippen LogP contribution in [0.5, 0.6) is 5.75 Å². The molecule has 1 heterocycles. The number of phenolic OH excluding ortho intramolecular Hbond substituents is 1. The molecule has 2 N–H and O–H groups in total. The molecule has 0 aliphatic carbocycles. The van der Waals surface area contributed by atoms with Crippen LogP contribution in [-0.4, -0.2) is 27.6 Å². The van der Waals surface area contributed by atoms with Crippen molar-refractivity contribution in [2.24, 2.45) is 0 Å². The summed E-state index contributed by atoms with van der Waals surface area (Å²) in [5, 5.41) is 21.8. The van der Waals surface area contributed by atoms with E-state index in [1.54, 1.807) is 30.3 Å². The van der Waals surface area contributed by atoms with Crippen LogP contribution in [-0.2, 0) is 11.3 Å². The van der Waals surface area contributed by atoms with E-state index in [2.05, 4.69) is 15.9 Å². The van der Waals surface area contributed by atoms with E-state index in [4.69, 9.17) is 0 Å². The lowest BCUT2D eigenvalue weighted by atomic mass is 10.1. The van der Waals surface area contributed by atoms with Gasteiger partial charge in [0, 0.05) is 33.4 Å². The fraction of sp³-hybridized carbons (Fsp3) is 0.267. The fourth-order valence-corrected chi connectivity index (χ4v) is 3.38. The molecular weight excluding hydrogens is 354 g/mol. The van der Waals surface area contributed by atoms with Crippen LogP contribution in [0.4, 0.5) is 0 Å². The minimum atomic E-state index is -1.17. The highest BCUT2D eigenvalue weighted by molar-refractivity contribution is 9.10. The van der Waals surface area contributed by atoms with Crippen LogP contribution in [0.2, 0.25) is 0 Å². The number of aliphatic hydroxyl groups excluding tert-OH is 1. The number of amides is 1. The molecule has 0 bridgehead atoms. The van der Waals surface area contributed by atoms with E-state index in [0.717, 1.165) is 4.47 Å². The molecule has 0 aliphatic heterocycles. The molecule has 2 aromatic rings. The summed E-state index contributed by atoms with van der Waals surface area (Å²) in [4.78, 5) is 14.5. The van der Waals surface area contributed by atoms with Gasteiger partial charge in [-0.05, 0) is 35.0 Å². The molecule has 0 spiro atoms. The Morgan fingerprint density at radius 2 is 2.14 bits per heavy atom. The van der Waals surface area contributed by atoms with E-state index in [-0.39, 0.29) is 18.2 Å². The Bertz CT molecular complexity index is 629. The van der Waals surface area contributed by atoms with Crippen molar-refractivity contribution >= 4 is 33.2 Å². The van der Waals surface area contributed by atoms with Gasteiger partial charge in [-0.1, -0.05) is 18.2 Å². The smallest absolute Gasteiger partial charge is 0.257 e. The first-order valence-corrected chi connectivity index (χ1v) is 8.17. The third-order valence-corrected chi connectivity index (χ3v) is 4.88. The number of thiophene rings is 1. The summed E-state index contributed by atoms with van der Waals surface area (Å²) in [7, 11) is 0. The van der Waals surface area contributed by atoms with Gasteiger partial charge in [-0.25, -0.2) is 0 Å². The number of halogens is 1. The lowest BCUT2D eigenvalue weighted by Gasteiger charge is -2.23. The number of para-hydroxylation sites is 1.